The van der Waals surface area contributed by atoms with Crippen molar-refractivity contribution in [3.63, 3.8) is 0 Å². The van der Waals surface area contributed by atoms with Crippen LogP contribution in [-0.2, 0) is 0 Å². The molecule has 0 saturated heterocycles. The summed E-state index contributed by atoms with van der Waals surface area (Å²) in [5.41, 5.74) is 2.58. The zero-order valence-electron chi connectivity index (χ0n) is 14.2. The molecule has 7 heteroatoms. The molecular formula is C20H15N5O2. The minimum atomic E-state index is 0.249. The fourth-order valence-electron chi connectivity index (χ4n) is 2.94. The van der Waals surface area contributed by atoms with Crippen molar-refractivity contribution in [1.82, 2.24) is 15.0 Å². The molecule has 0 fully saturated rings. The Morgan fingerprint density at radius 2 is 1.74 bits per heavy atom. The highest BCUT2D eigenvalue weighted by Gasteiger charge is 2.13. The van der Waals surface area contributed by atoms with Crippen LogP contribution in [0.4, 0.5) is 23.1 Å². The van der Waals surface area contributed by atoms with Gasteiger partial charge in [0.05, 0.1) is 11.2 Å². The number of nitrogens with one attached hydrogen (secondary N) is 2. The van der Waals surface area contributed by atoms with Crippen molar-refractivity contribution in [2.24, 2.45) is 0 Å². The Morgan fingerprint density at radius 3 is 2.74 bits per heavy atom. The maximum Gasteiger partial charge on any atom is 0.231 e. The van der Waals surface area contributed by atoms with Gasteiger partial charge in [-0.1, -0.05) is 18.2 Å². The maximum atomic E-state index is 5.41. The van der Waals surface area contributed by atoms with Crippen LogP contribution in [0.1, 0.15) is 0 Å². The predicted molar refractivity (Wildman–Crippen MR) is 103 cm³/mol. The van der Waals surface area contributed by atoms with Gasteiger partial charge >= 0.3 is 0 Å². The van der Waals surface area contributed by atoms with Crippen LogP contribution in [0.3, 0.4) is 0 Å². The van der Waals surface area contributed by atoms with E-state index in [4.69, 9.17) is 9.47 Å². The van der Waals surface area contributed by atoms with Gasteiger partial charge in [0.1, 0.15) is 5.82 Å². The normalized spacial score (nSPS) is 12.1. The van der Waals surface area contributed by atoms with Gasteiger partial charge in [0.15, 0.2) is 11.5 Å². The molecule has 2 aromatic carbocycles. The topological polar surface area (TPSA) is 81.2 Å². The summed E-state index contributed by atoms with van der Waals surface area (Å²) in [4.78, 5) is 13.3. The summed E-state index contributed by atoms with van der Waals surface area (Å²) in [6, 6.07) is 17.3. The molecule has 1 aliphatic heterocycles. The van der Waals surface area contributed by atoms with E-state index in [0.717, 1.165) is 28.0 Å². The Hall–Kier alpha value is -3.87. The lowest BCUT2D eigenvalue weighted by Crippen LogP contribution is -2.01. The Balaban J connectivity index is 1.40. The number of rotatable bonds is 4. The van der Waals surface area contributed by atoms with Crippen molar-refractivity contribution in [1.29, 1.82) is 0 Å². The molecule has 0 unspecified atom stereocenters. The number of hydrogen-bond acceptors (Lipinski definition) is 7. The van der Waals surface area contributed by atoms with E-state index in [0.29, 0.717) is 17.5 Å². The largest absolute Gasteiger partial charge is 0.454 e. The first kappa shape index (κ1) is 15.4. The van der Waals surface area contributed by atoms with E-state index < -0.39 is 0 Å². The van der Waals surface area contributed by atoms with Crippen molar-refractivity contribution < 1.29 is 9.47 Å². The number of fused-ring (bicyclic) bond motifs is 2. The third kappa shape index (κ3) is 3.06. The van der Waals surface area contributed by atoms with Gasteiger partial charge in [-0.3, -0.25) is 4.98 Å². The molecule has 2 N–H and O–H groups in total. The molecule has 5 rings (SSSR count). The monoisotopic (exact) mass is 357 g/mol. The number of benzene rings is 2. The van der Waals surface area contributed by atoms with Crippen molar-refractivity contribution in [2.45, 2.75) is 0 Å². The number of nitrogens with zero attached hydrogens (tertiary/aromatic N) is 3. The molecule has 27 heavy (non-hydrogen) atoms. The molecule has 0 amide bonds. The molecule has 0 bridgehead atoms. The lowest BCUT2D eigenvalue weighted by Gasteiger charge is -2.10. The van der Waals surface area contributed by atoms with Crippen molar-refractivity contribution in [2.75, 3.05) is 17.4 Å². The van der Waals surface area contributed by atoms with E-state index in [-0.39, 0.29) is 6.79 Å². The average molecular weight is 357 g/mol. The van der Waals surface area contributed by atoms with Crippen molar-refractivity contribution >= 4 is 34.0 Å². The molecular weight excluding hydrogens is 342 g/mol. The summed E-state index contributed by atoms with van der Waals surface area (Å²) in [5.74, 6) is 2.61. The zero-order valence-corrected chi connectivity index (χ0v) is 14.2. The van der Waals surface area contributed by atoms with Crippen molar-refractivity contribution in [3.05, 3.63) is 67.0 Å². The Labute approximate surface area is 155 Å². The zero-order chi connectivity index (χ0) is 18.1. The molecule has 3 heterocycles. The summed E-state index contributed by atoms with van der Waals surface area (Å²) >= 11 is 0. The fraction of sp³-hybridized carbons (Fsp3) is 0.0500. The minimum absolute atomic E-state index is 0.249. The second-order valence-corrected chi connectivity index (χ2v) is 5.96. The summed E-state index contributed by atoms with van der Waals surface area (Å²) in [6.07, 6.45) is 3.47. The first-order chi connectivity index (χ1) is 13.3. The van der Waals surface area contributed by atoms with E-state index in [1.807, 2.05) is 48.5 Å². The fourth-order valence-corrected chi connectivity index (χ4v) is 2.94. The van der Waals surface area contributed by atoms with Gasteiger partial charge in [-0.15, -0.1) is 0 Å². The standard InChI is InChI=1S/C20H15N5O2/c1-3-13-4-2-9-21-19(13)15(5-1)24-20-22-10-8-18(25-20)23-14-6-7-16-17(11-14)27-12-26-16/h1-11H,12H2,(H2,22,23,24,25). The molecule has 7 nitrogen and oxygen atoms in total. The van der Waals surface area contributed by atoms with Crippen LogP contribution in [0.25, 0.3) is 10.9 Å². The lowest BCUT2D eigenvalue weighted by molar-refractivity contribution is 0.174. The second kappa shape index (κ2) is 6.45. The molecule has 1 aliphatic rings. The number of aromatic nitrogens is 3. The van der Waals surface area contributed by atoms with E-state index in [1.54, 1.807) is 18.5 Å². The number of ether oxygens (including phenoxy) is 2. The van der Waals surface area contributed by atoms with Crippen LogP contribution in [0.2, 0.25) is 0 Å². The molecule has 0 spiro atoms. The molecule has 132 valence electrons. The van der Waals surface area contributed by atoms with E-state index in [2.05, 4.69) is 25.6 Å². The average Bonchev–Trinajstić information content (AvgIpc) is 3.16. The van der Waals surface area contributed by atoms with Gasteiger partial charge in [0.25, 0.3) is 0 Å². The third-order valence-electron chi connectivity index (χ3n) is 4.18. The Kier molecular flexibility index (Phi) is 3.68. The Bertz CT molecular complexity index is 1130. The molecule has 0 saturated carbocycles. The summed E-state index contributed by atoms with van der Waals surface area (Å²) < 4.78 is 10.7. The number of hydrogen-bond donors (Lipinski definition) is 2. The number of para-hydroxylation sites is 1. The molecule has 4 aromatic rings. The highest BCUT2D eigenvalue weighted by Crippen LogP contribution is 2.35. The van der Waals surface area contributed by atoms with Crippen LogP contribution < -0.4 is 20.1 Å². The van der Waals surface area contributed by atoms with Gasteiger partial charge < -0.3 is 20.1 Å². The minimum Gasteiger partial charge on any atom is -0.454 e. The highest BCUT2D eigenvalue weighted by molar-refractivity contribution is 5.91. The van der Waals surface area contributed by atoms with Gasteiger partial charge in [0.2, 0.25) is 12.7 Å². The van der Waals surface area contributed by atoms with Gasteiger partial charge in [0, 0.05) is 29.5 Å². The lowest BCUT2D eigenvalue weighted by atomic mass is 10.2. The third-order valence-corrected chi connectivity index (χ3v) is 4.18. The van der Waals surface area contributed by atoms with E-state index in [1.165, 1.54) is 0 Å². The summed E-state index contributed by atoms with van der Waals surface area (Å²) in [6.45, 7) is 0.249. The van der Waals surface area contributed by atoms with Gasteiger partial charge in [-0.05, 0) is 30.3 Å². The van der Waals surface area contributed by atoms with E-state index >= 15 is 0 Å². The summed E-state index contributed by atoms with van der Waals surface area (Å²) in [7, 11) is 0. The number of anilines is 4. The molecule has 2 aromatic heterocycles. The highest BCUT2D eigenvalue weighted by atomic mass is 16.7. The molecule has 0 radical (unpaired) electrons. The first-order valence-corrected chi connectivity index (χ1v) is 8.46. The van der Waals surface area contributed by atoms with Crippen LogP contribution in [-0.4, -0.2) is 21.7 Å². The van der Waals surface area contributed by atoms with Crippen LogP contribution in [0.15, 0.2) is 67.0 Å². The Morgan fingerprint density at radius 1 is 0.815 bits per heavy atom. The van der Waals surface area contributed by atoms with E-state index in [9.17, 15) is 0 Å². The van der Waals surface area contributed by atoms with Crippen LogP contribution >= 0.6 is 0 Å². The first-order valence-electron chi connectivity index (χ1n) is 8.46. The summed E-state index contributed by atoms with van der Waals surface area (Å²) in [5, 5.41) is 7.55. The van der Waals surface area contributed by atoms with Crippen molar-refractivity contribution in [3.8, 4) is 11.5 Å². The SMILES string of the molecule is c1cnc2c(Nc3nccc(Nc4ccc5c(c4)OCO5)n3)cccc2c1. The maximum absolute atomic E-state index is 5.41. The quantitative estimate of drug-likeness (QED) is 0.565. The molecule has 0 aliphatic carbocycles. The van der Waals surface area contributed by atoms with Crippen LogP contribution in [0, 0.1) is 0 Å². The smallest absolute Gasteiger partial charge is 0.231 e. The second-order valence-electron chi connectivity index (χ2n) is 5.96. The number of pyridine rings is 1. The van der Waals surface area contributed by atoms with Gasteiger partial charge in [-0.25, -0.2) is 4.98 Å². The van der Waals surface area contributed by atoms with Gasteiger partial charge in [-0.2, -0.15) is 4.98 Å². The van der Waals surface area contributed by atoms with Crippen LogP contribution in [0.5, 0.6) is 11.5 Å². The predicted octanol–water partition coefficient (Wildman–Crippen LogP) is 4.24. The molecule has 0 atom stereocenters.